The Balaban J connectivity index is 1.83. The Labute approximate surface area is 90.2 Å². The minimum atomic E-state index is -0.283. The first-order valence-corrected chi connectivity index (χ1v) is 4.59. The Morgan fingerprint density at radius 2 is 2.50 bits per heavy atom. The Hall–Kier alpha value is -2.38. The van der Waals surface area contributed by atoms with Gasteiger partial charge in [0.15, 0.2) is 5.82 Å². The van der Waals surface area contributed by atoms with Gasteiger partial charge in [-0.05, 0) is 0 Å². The minimum Gasteiger partial charge on any atom is -0.383 e. The number of anilines is 1. The maximum atomic E-state index is 11.5. The highest BCUT2D eigenvalue weighted by Gasteiger charge is 2.10. The fourth-order valence-corrected chi connectivity index (χ4v) is 1.16. The number of carbonyl (C=O) groups is 1. The Bertz CT molecular complexity index is 463. The van der Waals surface area contributed by atoms with Crippen LogP contribution in [0.4, 0.5) is 5.82 Å². The molecular weight excluding hydrogens is 212 g/mol. The van der Waals surface area contributed by atoms with Gasteiger partial charge in [-0.2, -0.15) is 10.1 Å². The van der Waals surface area contributed by atoms with Gasteiger partial charge < -0.3 is 15.6 Å². The summed E-state index contributed by atoms with van der Waals surface area (Å²) in [5, 5.41) is 12.4. The highest BCUT2D eigenvalue weighted by atomic mass is 16.5. The van der Waals surface area contributed by atoms with E-state index in [-0.39, 0.29) is 11.7 Å². The van der Waals surface area contributed by atoms with Crippen molar-refractivity contribution in [3.8, 4) is 0 Å². The van der Waals surface area contributed by atoms with Crippen LogP contribution in [0, 0.1) is 0 Å². The number of rotatable bonds is 4. The molecule has 8 heteroatoms. The molecule has 0 saturated carbocycles. The van der Waals surface area contributed by atoms with Crippen molar-refractivity contribution in [3.05, 3.63) is 24.0 Å². The third-order valence-corrected chi connectivity index (χ3v) is 1.95. The van der Waals surface area contributed by atoms with E-state index in [0.717, 1.165) is 0 Å². The number of hydrogen-bond acceptors (Lipinski definition) is 6. The van der Waals surface area contributed by atoms with Gasteiger partial charge in [0.05, 0.1) is 6.20 Å². The van der Waals surface area contributed by atoms with Gasteiger partial charge in [-0.1, -0.05) is 5.16 Å². The number of nitrogen functional groups attached to an aromatic ring is 1. The summed E-state index contributed by atoms with van der Waals surface area (Å²) in [4.78, 5) is 15.4. The van der Waals surface area contributed by atoms with Crippen LogP contribution in [0.2, 0.25) is 0 Å². The highest BCUT2D eigenvalue weighted by molar-refractivity contribution is 5.98. The monoisotopic (exact) mass is 222 g/mol. The third kappa shape index (κ3) is 2.16. The lowest BCUT2D eigenvalue weighted by Gasteiger charge is -2.01. The fraction of sp³-hybridized carbons (Fsp3) is 0.250. The molecular formula is C8H10N6O2. The predicted octanol–water partition coefficient (Wildman–Crippen LogP) is -0.653. The van der Waals surface area contributed by atoms with Gasteiger partial charge in [0.25, 0.3) is 5.91 Å². The second-order valence-electron chi connectivity index (χ2n) is 3.05. The van der Waals surface area contributed by atoms with Gasteiger partial charge in [-0.25, -0.2) is 0 Å². The molecule has 2 aromatic heterocycles. The van der Waals surface area contributed by atoms with E-state index < -0.39 is 0 Å². The van der Waals surface area contributed by atoms with Crippen LogP contribution in [-0.2, 0) is 6.42 Å². The van der Waals surface area contributed by atoms with Crippen molar-refractivity contribution in [2.24, 2.45) is 0 Å². The molecule has 4 N–H and O–H groups in total. The second kappa shape index (κ2) is 4.43. The van der Waals surface area contributed by atoms with E-state index in [1.54, 1.807) is 0 Å². The van der Waals surface area contributed by atoms with E-state index >= 15 is 0 Å². The zero-order chi connectivity index (χ0) is 11.4. The lowest BCUT2D eigenvalue weighted by atomic mass is 10.3. The summed E-state index contributed by atoms with van der Waals surface area (Å²) in [5.41, 5.74) is 5.82. The Morgan fingerprint density at radius 1 is 1.62 bits per heavy atom. The summed E-state index contributed by atoms with van der Waals surface area (Å²) in [6.07, 6.45) is 3.12. The van der Waals surface area contributed by atoms with Crippen LogP contribution in [0.25, 0.3) is 0 Å². The van der Waals surface area contributed by atoms with E-state index in [0.29, 0.717) is 24.4 Å². The molecule has 0 aliphatic carbocycles. The summed E-state index contributed by atoms with van der Waals surface area (Å²) >= 11 is 0. The first-order chi connectivity index (χ1) is 7.77. The topological polar surface area (TPSA) is 123 Å². The minimum absolute atomic E-state index is 0.247. The zero-order valence-corrected chi connectivity index (χ0v) is 8.30. The van der Waals surface area contributed by atoms with Crippen LogP contribution in [0.3, 0.4) is 0 Å². The summed E-state index contributed by atoms with van der Waals surface area (Å²) < 4.78 is 4.55. The van der Waals surface area contributed by atoms with Crippen LogP contribution in [-0.4, -0.2) is 32.8 Å². The summed E-state index contributed by atoms with van der Waals surface area (Å²) in [6, 6.07) is 0. The van der Waals surface area contributed by atoms with E-state index in [4.69, 9.17) is 5.73 Å². The molecule has 1 amide bonds. The smallest absolute Gasteiger partial charge is 0.256 e. The molecule has 0 radical (unpaired) electrons. The van der Waals surface area contributed by atoms with Crippen molar-refractivity contribution in [1.82, 2.24) is 25.7 Å². The molecule has 0 aliphatic rings. The molecule has 84 valence electrons. The molecule has 0 aliphatic heterocycles. The largest absolute Gasteiger partial charge is 0.383 e. The van der Waals surface area contributed by atoms with E-state index in [1.165, 1.54) is 12.6 Å². The second-order valence-corrected chi connectivity index (χ2v) is 3.05. The Morgan fingerprint density at radius 3 is 3.12 bits per heavy atom. The van der Waals surface area contributed by atoms with Gasteiger partial charge in [0.2, 0.25) is 6.39 Å². The van der Waals surface area contributed by atoms with Crippen molar-refractivity contribution in [2.75, 3.05) is 12.3 Å². The molecule has 16 heavy (non-hydrogen) atoms. The summed E-state index contributed by atoms with van der Waals surface area (Å²) in [5.74, 6) is 0.507. The molecule has 0 bridgehead atoms. The number of aromatic amines is 1. The Kier molecular flexibility index (Phi) is 2.81. The highest BCUT2D eigenvalue weighted by Crippen LogP contribution is 2.04. The van der Waals surface area contributed by atoms with E-state index in [1.807, 2.05) is 0 Å². The fourth-order valence-electron chi connectivity index (χ4n) is 1.16. The van der Waals surface area contributed by atoms with Crippen LogP contribution < -0.4 is 11.1 Å². The summed E-state index contributed by atoms with van der Waals surface area (Å²) in [6.45, 7) is 0.406. The molecule has 8 nitrogen and oxygen atoms in total. The first-order valence-electron chi connectivity index (χ1n) is 4.59. The lowest BCUT2D eigenvalue weighted by molar-refractivity contribution is 0.0955. The third-order valence-electron chi connectivity index (χ3n) is 1.95. The quantitative estimate of drug-likeness (QED) is 0.631. The molecule has 0 spiro atoms. The average molecular weight is 222 g/mol. The van der Waals surface area contributed by atoms with Crippen LogP contribution in [0.1, 0.15) is 16.2 Å². The molecule has 0 unspecified atom stereocenters. The molecule has 2 rings (SSSR count). The van der Waals surface area contributed by atoms with Gasteiger partial charge in [0.1, 0.15) is 11.4 Å². The van der Waals surface area contributed by atoms with Crippen LogP contribution in [0.5, 0.6) is 0 Å². The van der Waals surface area contributed by atoms with Crippen molar-refractivity contribution in [3.63, 3.8) is 0 Å². The van der Waals surface area contributed by atoms with Crippen molar-refractivity contribution < 1.29 is 9.32 Å². The maximum Gasteiger partial charge on any atom is 0.256 e. The number of aromatic nitrogens is 4. The lowest BCUT2D eigenvalue weighted by Crippen LogP contribution is -2.26. The first kappa shape index (κ1) is 10.1. The van der Waals surface area contributed by atoms with Crippen molar-refractivity contribution in [2.45, 2.75) is 6.42 Å². The molecule has 0 fully saturated rings. The predicted molar refractivity (Wildman–Crippen MR) is 53.3 cm³/mol. The zero-order valence-electron chi connectivity index (χ0n) is 8.30. The molecule has 0 atom stereocenters. The standard InChI is InChI=1S/C8H10N6O2/c9-7-5(3-12-13-7)8(15)10-2-1-6-11-4-16-14-6/h3-4H,1-2H2,(H,10,15)(H3,9,12,13). The van der Waals surface area contributed by atoms with Crippen LogP contribution >= 0.6 is 0 Å². The van der Waals surface area contributed by atoms with Gasteiger partial charge >= 0.3 is 0 Å². The molecule has 2 aromatic rings. The summed E-state index contributed by atoms with van der Waals surface area (Å²) in [7, 11) is 0. The number of amides is 1. The number of nitrogens with one attached hydrogen (secondary N) is 2. The average Bonchev–Trinajstić information content (AvgIpc) is 2.88. The number of nitrogens with two attached hydrogens (primary N) is 1. The number of hydrogen-bond donors (Lipinski definition) is 3. The maximum absolute atomic E-state index is 11.5. The van der Waals surface area contributed by atoms with Gasteiger partial charge in [0, 0.05) is 13.0 Å². The van der Waals surface area contributed by atoms with E-state index in [9.17, 15) is 4.79 Å². The number of H-pyrrole nitrogens is 1. The van der Waals surface area contributed by atoms with Gasteiger partial charge in [-0.3, -0.25) is 9.89 Å². The molecule has 0 saturated heterocycles. The molecule has 0 aromatic carbocycles. The SMILES string of the molecule is Nc1[nH]ncc1C(=O)NCCc1ncon1. The van der Waals surface area contributed by atoms with Gasteiger partial charge in [-0.15, -0.1) is 0 Å². The normalized spacial score (nSPS) is 10.2. The van der Waals surface area contributed by atoms with Crippen molar-refractivity contribution in [1.29, 1.82) is 0 Å². The number of nitrogens with zero attached hydrogens (tertiary/aromatic N) is 3. The van der Waals surface area contributed by atoms with Crippen LogP contribution in [0.15, 0.2) is 17.1 Å². The number of carbonyl (C=O) groups excluding carboxylic acids is 1. The van der Waals surface area contributed by atoms with Crippen molar-refractivity contribution >= 4 is 11.7 Å². The molecule has 2 heterocycles. The van der Waals surface area contributed by atoms with E-state index in [2.05, 4.69) is 30.2 Å².